The number of thioether (sulfide) groups is 1. The van der Waals surface area contributed by atoms with Crippen LogP contribution in [0.25, 0.3) is 22.5 Å². The summed E-state index contributed by atoms with van der Waals surface area (Å²) in [6.07, 6.45) is 17.1. The van der Waals surface area contributed by atoms with Crippen molar-refractivity contribution in [3.05, 3.63) is 48.5 Å². The van der Waals surface area contributed by atoms with Crippen LogP contribution in [0.5, 0.6) is 11.5 Å². The van der Waals surface area contributed by atoms with E-state index >= 15 is 0 Å². The van der Waals surface area contributed by atoms with Gasteiger partial charge in [-0.1, -0.05) is 76.5 Å². The number of methoxy groups -OCH3 is 2. The Morgan fingerprint density at radius 1 is 0.841 bits per heavy atom. The zero-order valence-corrected chi connectivity index (χ0v) is 28.3. The average Bonchev–Trinajstić information content (AvgIpc) is 3.48. The molecule has 3 aromatic rings. The van der Waals surface area contributed by atoms with E-state index in [0.717, 1.165) is 70.7 Å². The predicted octanol–water partition coefficient (Wildman–Crippen LogP) is 9.94. The fraction of sp³-hybridized carbons (Fsp3) is 0.568. The molecule has 6 nitrogen and oxygen atoms in total. The Morgan fingerprint density at radius 2 is 1.45 bits per heavy atom. The first-order chi connectivity index (χ1) is 21.5. The number of rotatable bonds is 18. The molecule has 0 atom stereocenters. The minimum Gasteiger partial charge on any atom is -0.497 e. The molecule has 1 fully saturated rings. The van der Waals surface area contributed by atoms with Crippen molar-refractivity contribution in [3.63, 3.8) is 0 Å². The van der Waals surface area contributed by atoms with Crippen LogP contribution >= 0.6 is 11.8 Å². The number of H-pyrrole nitrogens is 1. The van der Waals surface area contributed by atoms with Gasteiger partial charge in [0.15, 0.2) is 5.16 Å². The molecule has 0 bridgehead atoms. The summed E-state index contributed by atoms with van der Waals surface area (Å²) in [5.74, 6) is 2.91. The average molecular weight is 620 g/mol. The molecular formula is C37H53N3O3S. The van der Waals surface area contributed by atoms with Gasteiger partial charge in [-0.3, -0.25) is 4.79 Å². The molecule has 0 radical (unpaired) electrons. The number of unbranched alkanes of at least 4 members (excludes halogenated alkanes) is 6. The summed E-state index contributed by atoms with van der Waals surface area (Å²) in [5, 5.41) is 0.927. The number of imidazole rings is 1. The van der Waals surface area contributed by atoms with Gasteiger partial charge < -0.3 is 19.4 Å². The lowest BCUT2D eigenvalue weighted by Crippen LogP contribution is -2.52. The molecule has 1 saturated carbocycles. The van der Waals surface area contributed by atoms with Crippen molar-refractivity contribution >= 4 is 17.7 Å². The molecule has 1 amide bonds. The Labute approximate surface area is 269 Å². The fourth-order valence-corrected chi connectivity index (χ4v) is 7.58. The summed E-state index contributed by atoms with van der Waals surface area (Å²) in [5.41, 5.74) is 4.15. The van der Waals surface area contributed by atoms with Crippen molar-refractivity contribution in [1.29, 1.82) is 0 Å². The van der Waals surface area contributed by atoms with Gasteiger partial charge >= 0.3 is 0 Å². The lowest BCUT2D eigenvalue weighted by Gasteiger charge is -2.47. The summed E-state index contributed by atoms with van der Waals surface area (Å²) in [4.78, 5) is 23.8. The van der Waals surface area contributed by atoms with Crippen LogP contribution in [0, 0.1) is 0 Å². The summed E-state index contributed by atoms with van der Waals surface area (Å²) in [6, 6.07) is 16.2. The van der Waals surface area contributed by atoms with E-state index in [9.17, 15) is 4.79 Å². The quantitative estimate of drug-likeness (QED) is 0.113. The second kappa shape index (κ2) is 17.5. The number of hydrogen-bond donors (Lipinski definition) is 1. The van der Waals surface area contributed by atoms with E-state index in [1.807, 2.05) is 24.3 Å². The number of nitrogens with one attached hydrogen (secondary N) is 1. The molecular weight excluding hydrogens is 566 g/mol. The van der Waals surface area contributed by atoms with Crippen LogP contribution in [0.2, 0.25) is 0 Å². The van der Waals surface area contributed by atoms with E-state index in [0.29, 0.717) is 0 Å². The third kappa shape index (κ3) is 9.29. The van der Waals surface area contributed by atoms with Crippen LogP contribution in [-0.2, 0) is 4.79 Å². The number of benzene rings is 2. The smallest absolute Gasteiger partial charge is 0.219 e. The van der Waals surface area contributed by atoms with Crippen LogP contribution < -0.4 is 9.47 Å². The Morgan fingerprint density at radius 3 is 2.07 bits per heavy atom. The zero-order chi connectivity index (χ0) is 31.2. The van der Waals surface area contributed by atoms with E-state index in [1.165, 1.54) is 70.6 Å². The lowest BCUT2D eigenvalue weighted by molar-refractivity contribution is -0.137. The van der Waals surface area contributed by atoms with Crippen LogP contribution in [0.1, 0.15) is 104 Å². The topological polar surface area (TPSA) is 67.5 Å². The maximum Gasteiger partial charge on any atom is 0.219 e. The van der Waals surface area contributed by atoms with E-state index in [1.54, 1.807) is 32.9 Å². The molecule has 240 valence electrons. The molecule has 2 aromatic carbocycles. The maximum atomic E-state index is 12.9. The maximum absolute atomic E-state index is 12.9. The normalized spacial score (nSPS) is 14.4. The molecule has 0 aliphatic heterocycles. The van der Waals surface area contributed by atoms with Crippen molar-refractivity contribution in [1.82, 2.24) is 14.9 Å². The summed E-state index contributed by atoms with van der Waals surface area (Å²) < 4.78 is 10.7. The number of carbonyl (C=O) groups is 1. The number of hydrogen-bond acceptors (Lipinski definition) is 5. The monoisotopic (exact) mass is 619 g/mol. The number of aromatic nitrogens is 2. The van der Waals surface area contributed by atoms with E-state index in [4.69, 9.17) is 14.5 Å². The molecule has 1 heterocycles. The first-order valence-corrected chi connectivity index (χ1v) is 17.8. The highest BCUT2D eigenvalue weighted by Gasteiger charge is 2.38. The van der Waals surface area contributed by atoms with Gasteiger partial charge in [-0.2, -0.15) is 0 Å². The number of nitrogens with zero attached hydrogens (tertiary/aromatic N) is 2. The van der Waals surface area contributed by atoms with Crippen LogP contribution in [0.4, 0.5) is 0 Å². The van der Waals surface area contributed by atoms with Crippen molar-refractivity contribution in [2.75, 3.05) is 26.5 Å². The lowest BCUT2D eigenvalue weighted by atomic mass is 9.76. The van der Waals surface area contributed by atoms with Crippen LogP contribution in [0.15, 0.2) is 53.7 Å². The second-order valence-electron chi connectivity index (χ2n) is 12.3. The number of ether oxygens (including phenoxy) is 2. The van der Waals surface area contributed by atoms with Gasteiger partial charge in [0.05, 0.1) is 25.6 Å². The van der Waals surface area contributed by atoms with Crippen LogP contribution in [0.3, 0.4) is 0 Å². The van der Waals surface area contributed by atoms with Gasteiger partial charge in [0.2, 0.25) is 5.91 Å². The number of amides is 1. The molecule has 1 aliphatic rings. The van der Waals surface area contributed by atoms with Gasteiger partial charge in [-0.25, -0.2) is 4.98 Å². The first-order valence-electron chi connectivity index (χ1n) is 16.8. The summed E-state index contributed by atoms with van der Waals surface area (Å²) in [7, 11) is 3.37. The Bertz CT molecular complexity index is 1200. The highest BCUT2D eigenvalue weighted by Crippen LogP contribution is 2.39. The van der Waals surface area contributed by atoms with Gasteiger partial charge in [0.1, 0.15) is 11.5 Å². The molecule has 0 unspecified atom stereocenters. The Balaban J connectivity index is 1.34. The molecule has 1 N–H and O–H groups in total. The zero-order valence-electron chi connectivity index (χ0n) is 27.5. The third-order valence-corrected chi connectivity index (χ3v) is 10.1. The standard InChI is InChI=1S/C37H53N3O3S/c1-5-6-7-8-11-24-37(25-12-9-13-26-37)40(29(2)41)27-14-10-15-28-44-36-38-34(30-16-20-32(42-3)21-17-30)35(39-36)31-18-22-33(43-4)23-19-31/h16-23H,5-15,24-28H2,1-4H3,(H,38,39). The largest absolute Gasteiger partial charge is 0.497 e. The number of aromatic amines is 1. The van der Waals surface area contributed by atoms with Gasteiger partial charge in [0, 0.05) is 35.9 Å². The van der Waals surface area contributed by atoms with E-state index in [2.05, 4.69) is 41.1 Å². The minimum atomic E-state index is 0.0922. The molecule has 44 heavy (non-hydrogen) atoms. The Kier molecular flexibility index (Phi) is 13.5. The summed E-state index contributed by atoms with van der Waals surface area (Å²) in [6.45, 7) is 4.95. The van der Waals surface area contributed by atoms with E-state index < -0.39 is 0 Å². The van der Waals surface area contributed by atoms with Crippen molar-refractivity contribution in [2.45, 2.75) is 114 Å². The minimum absolute atomic E-state index is 0.0922. The summed E-state index contributed by atoms with van der Waals surface area (Å²) >= 11 is 1.77. The molecule has 1 aromatic heterocycles. The molecule has 7 heteroatoms. The number of carbonyl (C=O) groups excluding carboxylic acids is 1. The molecule has 0 saturated heterocycles. The van der Waals surface area contributed by atoms with Crippen LogP contribution in [-0.4, -0.2) is 52.8 Å². The molecule has 1 aliphatic carbocycles. The van der Waals surface area contributed by atoms with Gasteiger partial charge in [-0.15, -0.1) is 0 Å². The third-order valence-electron chi connectivity index (χ3n) is 9.17. The Hall–Kier alpha value is -2.93. The fourth-order valence-electron chi connectivity index (χ4n) is 6.71. The molecule has 0 spiro atoms. The van der Waals surface area contributed by atoms with Gasteiger partial charge in [-0.05, 0) is 80.6 Å². The predicted molar refractivity (Wildman–Crippen MR) is 184 cm³/mol. The second-order valence-corrected chi connectivity index (χ2v) is 13.3. The van der Waals surface area contributed by atoms with Crippen molar-refractivity contribution in [3.8, 4) is 34.0 Å². The van der Waals surface area contributed by atoms with Crippen molar-refractivity contribution in [2.24, 2.45) is 0 Å². The highest BCUT2D eigenvalue weighted by molar-refractivity contribution is 7.99. The molecule has 4 rings (SSSR count). The first kappa shape index (κ1) is 34.0. The SMILES string of the molecule is CCCCCCCC1(N(CCCCCSc2nc(-c3ccc(OC)cc3)c(-c3ccc(OC)cc3)[nH]2)C(C)=O)CCCCC1. The van der Waals surface area contributed by atoms with E-state index in [-0.39, 0.29) is 11.4 Å². The van der Waals surface area contributed by atoms with Crippen molar-refractivity contribution < 1.29 is 14.3 Å². The van der Waals surface area contributed by atoms with Gasteiger partial charge in [0.25, 0.3) is 0 Å². The highest BCUT2D eigenvalue weighted by atomic mass is 32.2.